The monoisotopic (exact) mass is 381 g/mol. The first-order valence-electron chi connectivity index (χ1n) is 8.90. The Labute approximate surface area is 162 Å². The summed E-state index contributed by atoms with van der Waals surface area (Å²) in [6, 6.07) is 14.7. The first-order chi connectivity index (χ1) is 13.5. The molecule has 0 fully saturated rings. The van der Waals surface area contributed by atoms with Crippen molar-refractivity contribution in [1.29, 1.82) is 0 Å². The van der Waals surface area contributed by atoms with Crippen LogP contribution in [0.2, 0.25) is 0 Å². The summed E-state index contributed by atoms with van der Waals surface area (Å²) < 4.78 is 7.06. The van der Waals surface area contributed by atoms with Crippen molar-refractivity contribution in [3.8, 4) is 5.75 Å². The number of aliphatic hydroxyl groups excluding tert-OH is 1. The van der Waals surface area contributed by atoms with Crippen LogP contribution < -0.4 is 15.4 Å². The number of fused-ring (bicyclic) bond motifs is 1. The minimum Gasteiger partial charge on any atom is -0.497 e. The van der Waals surface area contributed by atoms with Gasteiger partial charge in [0, 0.05) is 31.9 Å². The van der Waals surface area contributed by atoms with Gasteiger partial charge in [-0.2, -0.15) is 0 Å². The van der Waals surface area contributed by atoms with Crippen LogP contribution in [0.5, 0.6) is 5.75 Å². The predicted molar refractivity (Wildman–Crippen MR) is 106 cm³/mol. The number of aliphatic hydroxyl groups is 1. The van der Waals surface area contributed by atoms with Gasteiger partial charge in [-0.05, 0) is 46.8 Å². The second kappa shape index (κ2) is 8.58. The van der Waals surface area contributed by atoms with Crippen LogP contribution in [0.25, 0.3) is 10.9 Å². The van der Waals surface area contributed by atoms with Crippen molar-refractivity contribution in [3.05, 3.63) is 65.9 Å². The average Bonchev–Trinajstić information content (AvgIpc) is 3.10. The number of aryl methyl sites for hydroxylation is 1. The van der Waals surface area contributed by atoms with E-state index < -0.39 is 17.9 Å². The molecule has 1 heterocycles. The van der Waals surface area contributed by atoms with Gasteiger partial charge >= 0.3 is 11.8 Å². The molecule has 3 rings (SSSR count). The van der Waals surface area contributed by atoms with Gasteiger partial charge < -0.3 is 25.0 Å². The predicted octanol–water partition coefficient (Wildman–Crippen LogP) is 1.65. The maximum atomic E-state index is 12.0. The van der Waals surface area contributed by atoms with E-state index in [9.17, 15) is 14.7 Å². The topological polar surface area (TPSA) is 92.6 Å². The molecule has 7 nitrogen and oxygen atoms in total. The summed E-state index contributed by atoms with van der Waals surface area (Å²) in [5.41, 5.74) is 2.58. The van der Waals surface area contributed by atoms with Crippen molar-refractivity contribution >= 4 is 22.7 Å². The number of carbonyl (C=O) groups excluding carboxylic acids is 2. The number of hydrogen-bond acceptors (Lipinski definition) is 4. The zero-order valence-electron chi connectivity index (χ0n) is 15.8. The number of nitrogens with zero attached hydrogens (tertiary/aromatic N) is 1. The van der Waals surface area contributed by atoms with E-state index in [4.69, 9.17) is 4.74 Å². The quantitative estimate of drug-likeness (QED) is 0.566. The van der Waals surface area contributed by atoms with Crippen LogP contribution in [0, 0.1) is 0 Å². The van der Waals surface area contributed by atoms with Crippen molar-refractivity contribution in [2.24, 2.45) is 7.05 Å². The highest BCUT2D eigenvalue weighted by molar-refractivity contribution is 6.35. The lowest BCUT2D eigenvalue weighted by Gasteiger charge is -2.13. The second-order valence-electron chi connectivity index (χ2n) is 6.50. The van der Waals surface area contributed by atoms with Gasteiger partial charge in [-0.15, -0.1) is 0 Å². The largest absolute Gasteiger partial charge is 0.497 e. The van der Waals surface area contributed by atoms with Gasteiger partial charge in [-0.25, -0.2) is 0 Å². The molecule has 1 atom stereocenters. The van der Waals surface area contributed by atoms with Crippen LogP contribution in [-0.2, 0) is 23.2 Å². The molecule has 0 bridgehead atoms. The highest BCUT2D eigenvalue weighted by Crippen LogP contribution is 2.20. The molecule has 0 aliphatic carbocycles. The molecule has 146 valence electrons. The Kier molecular flexibility index (Phi) is 5.96. The molecule has 28 heavy (non-hydrogen) atoms. The molecule has 2 amide bonds. The molecule has 7 heteroatoms. The number of benzene rings is 2. The van der Waals surface area contributed by atoms with Crippen molar-refractivity contribution in [3.63, 3.8) is 0 Å². The third-order valence-corrected chi connectivity index (χ3v) is 4.57. The Morgan fingerprint density at radius 1 is 1.07 bits per heavy atom. The number of carbonyl (C=O) groups is 2. The maximum Gasteiger partial charge on any atom is 0.309 e. The van der Waals surface area contributed by atoms with E-state index in [1.807, 2.05) is 42.1 Å². The fraction of sp³-hybridized carbons (Fsp3) is 0.238. The molecular formula is C21H23N3O4. The Morgan fingerprint density at radius 2 is 1.79 bits per heavy atom. The molecular weight excluding hydrogens is 358 g/mol. The average molecular weight is 381 g/mol. The summed E-state index contributed by atoms with van der Waals surface area (Å²) in [5.74, 6) is -0.814. The fourth-order valence-corrected chi connectivity index (χ4v) is 2.90. The summed E-state index contributed by atoms with van der Waals surface area (Å²) in [4.78, 5) is 23.9. The Hall–Kier alpha value is -3.32. The van der Waals surface area contributed by atoms with E-state index in [0.29, 0.717) is 5.56 Å². The van der Waals surface area contributed by atoms with Crippen LogP contribution in [0.15, 0.2) is 54.7 Å². The SMILES string of the molecule is COc1ccc(CNC(=O)C(=O)NCC(O)c2ccc3c(ccn3C)c2)cc1. The molecule has 0 saturated heterocycles. The Bertz CT molecular complexity index is 979. The van der Waals surface area contributed by atoms with Gasteiger partial charge in [0.1, 0.15) is 5.75 Å². The number of hydrogen-bond donors (Lipinski definition) is 3. The zero-order valence-corrected chi connectivity index (χ0v) is 15.8. The van der Waals surface area contributed by atoms with E-state index in [0.717, 1.165) is 22.2 Å². The van der Waals surface area contributed by atoms with Crippen LogP contribution in [0.1, 0.15) is 17.2 Å². The molecule has 1 unspecified atom stereocenters. The minimum atomic E-state index is -0.900. The van der Waals surface area contributed by atoms with E-state index in [2.05, 4.69) is 10.6 Å². The first-order valence-corrected chi connectivity index (χ1v) is 8.90. The number of ether oxygens (including phenoxy) is 1. The van der Waals surface area contributed by atoms with Crippen molar-refractivity contribution in [2.45, 2.75) is 12.6 Å². The number of aromatic nitrogens is 1. The lowest BCUT2D eigenvalue weighted by Crippen LogP contribution is -2.41. The van der Waals surface area contributed by atoms with Gasteiger partial charge in [0.15, 0.2) is 0 Å². The molecule has 0 saturated carbocycles. The van der Waals surface area contributed by atoms with E-state index >= 15 is 0 Å². The second-order valence-corrected chi connectivity index (χ2v) is 6.50. The van der Waals surface area contributed by atoms with Crippen molar-refractivity contribution in [1.82, 2.24) is 15.2 Å². The highest BCUT2D eigenvalue weighted by atomic mass is 16.5. The Morgan fingerprint density at radius 3 is 2.50 bits per heavy atom. The smallest absolute Gasteiger partial charge is 0.309 e. The van der Waals surface area contributed by atoms with Gasteiger partial charge in [0.25, 0.3) is 0 Å². The summed E-state index contributed by atoms with van der Waals surface area (Å²) in [5, 5.41) is 16.3. The molecule has 0 spiro atoms. The van der Waals surface area contributed by atoms with Crippen LogP contribution >= 0.6 is 0 Å². The molecule has 0 aliphatic heterocycles. The van der Waals surface area contributed by atoms with E-state index in [1.165, 1.54) is 0 Å². The van der Waals surface area contributed by atoms with Gasteiger partial charge in [0.05, 0.1) is 13.2 Å². The lowest BCUT2D eigenvalue weighted by atomic mass is 10.1. The van der Waals surface area contributed by atoms with Crippen molar-refractivity contribution in [2.75, 3.05) is 13.7 Å². The fourth-order valence-electron chi connectivity index (χ4n) is 2.90. The molecule has 3 aromatic rings. The summed E-state index contributed by atoms with van der Waals surface area (Å²) in [6.07, 6.45) is 1.04. The lowest BCUT2D eigenvalue weighted by molar-refractivity contribution is -0.139. The minimum absolute atomic E-state index is 0.0485. The number of nitrogens with one attached hydrogen (secondary N) is 2. The van der Waals surface area contributed by atoms with Crippen LogP contribution in [0.4, 0.5) is 0 Å². The molecule has 3 N–H and O–H groups in total. The zero-order chi connectivity index (χ0) is 20.1. The van der Waals surface area contributed by atoms with Gasteiger partial charge in [0.2, 0.25) is 0 Å². The van der Waals surface area contributed by atoms with E-state index in [1.54, 1.807) is 31.4 Å². The molecule has 1 aromatic heterocycles. The number of amides is 2. The first kappa shape index (κ1) is 19.4. The molecule has 0 aliphatic rings. The standard InChI is InChI=1S/C21H23N3O4/c1-24-10-9-15-11-16(5-8-18(15)24)19(25)13-23-21(27)20(26)22-12-14-3-6-17(28-2)7-4-14/h3-11,19,25H,12-13H2,1-2H3,(H,22,26)(H,23,27). The van der Waals surface area contributed by atoms with Crippen LogP contribution in [0.3, 0.4) is 0 Å². The number of rotatable bonds is 6. The van der Waals surface area contributed by atoms with Crippen molar-refractivity contribution < 1.29 is 19.4 Å². The summed E-state index contributed by atoms with van der Waals surface area (Å²) in [7, 11) is 3.52. The van der Waals surface area contributed by atoms with E-state index in [-0.39, 0.29) is 13.1 Å². The van der Waals surface area contributed by atoms with Gasteiger partial charge in [-0.1, -0.05) is 18.2 Å². The summed E-state index contributed by atoms with van der Waals surface area (Å²) in [6.45, 7) is 0.177. The Balaban J connectivity index is 1.49. The number of methoxy groups -OCH3 is 1. The third-order valence-electron chi connectivity index (χ3n) is 4.57. The highest BCUT2D eigenvalue weighted by Gasteiger charge is 2.16. The molecule has 2 aromatic carbocycles. The molecule has 0 radical (unpaired) electrons. The van der Waals surface area contributed by atoms with Crippen LogP contribution in [-0.4, -0.2) is 35.1 Å². The normalized spacial score (nSPS) is 11.8. The summed E-state index contributed by atoms with van der Waals surface area (Å²) >= 11 is 0. The third kappa shape index (κ3) is 4.50. The van der Waals surface area contributed by atoms with Gasteiger partial charge in [-0.3, -0.25) is 9.59 Å². The maximum absolute atomic E-state index is 12.0.